The first-order valence-electron chi connectivity index (χ1n) is 11.4. The Morgan fingerprint density at radius 1 is 1.06 bits per heavy atom. The topological polar surface area (TPSA) is 82.5 Å². The predicted molar refractivity (Wildman–Crippen MR) is 128 cm³/mol. The van der Waals surface area contributed by atoms with E-state index < -0.39 is 10.7 Å². The molecule has 3 rings (SSSR count). The fourth-order valence-electron chi connectivity index (χ4n) is 4.85. The van der Waals surface area contributed by atoms with Gasteiger partial charge >= 0.3 is 12.0 Å². The third-order valence-corrected chi connectivity index (χ3v) is 9.04. The Bertz CT molecular complexity index is 773. The maximum Gasteiger partial charge on any atom is 0.324 e. The van der Waals surface area contributed by atoms with Crippen LogP contribution >= 0.6 is 23.1 Å². The van der Waals surface area contributed by atoms with Crippen molar-refractivity contribution in [2.75, 3.05) is 5.32 Å². The number of carbonyl (C=O) groups excluding carboxylic acids is 1. The van der Waals surface area contributed by atoms with Gasteiger partial charge in [-0.2, -0.15) is 0 Å². The van der Waals surface area contributed by atoms with Gasteiger partial charge in [-0.25, -0.2) is 9.78 Å². The fraction of sp³-hybridized carbons (Fsp3) is 0.783. The number of aromatic nitrogens is 1. The number of nitrogens with zero attached hydrogens (tertiary/aromatic N) is 2. The highest BCUT2D eigenvalue weighted by Gasteiger charge is 2.37. The summed E-state index contributed by atoms with van der Waals surface area (Å²) in [6, 6.07) is 0.562. The molecule has 2 amide bonds. The largest absolute Gasteiger partial charge is 0.480 e. The van der Waals surface area contributed by atoms with Crippen LogP contribution in [0.15, 0.2) is 10.4 Å². The molecule has 174 valence electrons. The number of thiazole rings is 1. The van der Waals surface area contributed by atoms with Crippen LogP contribution in [0.4, 0.5) is 9.93 Å². The normalized spacial score (nSPS) is 23.0. The Labute approximate surface area is 194 Å². The molecule has 0 saturated heterocycles. The smallest absolute Gasteiger partial charge is 0.324 e. The summed E-state index contributed by atoms with van der Waals surface area (Å²) in [5.41, 5.74) is 0.324. The number of carboxylic acid groups (broad SMARTS) is 1. The summed E-state index contributed by atoms with van der Waals surface area (Å²) in [5.74, 6) is -0.150. The lowest BCUT2D eigenvalue weighted by atomic mass is 9.71. The first-order valence-corrected chi connectivity index (χ1v) is 13.1. The molecule has 6 nitrogen and oxygen atoms in total. The van der Waals surface area contributed by atoms with Gasteiger partial charge in [-0.15, -0.1) is 0 Å². The van der Waals surface area contributed by atoms with Crippen LogP contribution in [0.1, 0.15) is 86.0 Å². The molecule has 31 heavy (non-hydrogen) atoms. The molecule has 2 aliphatic rings. The standard InChI is InChI=1S/C23H37N3O3S2/c1-22(2,3)15-10-12-17(13-11-15)26(16-8-6-7-9-16)21(29)25-20-24-14-18(30-20)31-23(4,5)19(27)28/h14-17H,6-13H2,1-5H3,(H,27,28)(H,24,25,29)/t15-,17-. The minimum absolute atomic E-state index is 0.0468. The molecule has 0 radical (unpaired) electrons. The second-order valence-electron chi connectivity index (χ2n) is 10.5. The molecule has 0 aliphatic heterocycles. The highest BCUT2D eigenvalue weighted by atomic mass is 32.2. The van der Waals surface area contributed by atoms with Crippen molar-refractivity contribution < 1.29 is 14.7 Å². The van der Waals surface area contributed by atoms with Crippen molar-refractivity contribution in [3.8, 4) is 0 Å². The van der Waals surface area contributed by atoms with Gasteiger partial charge in [0.1, 0.15) is 4.75 Å². The van der Waals surface area contributed by atoms with Crippen LogP contribution in [-0.2, 0) is 4.79 Å². The van der Waals surface area contributed by atoms with Gasteiger partial charge in [-0.05, 0) is 63.7 Å². The van der Waals surface area contributed by atoms with Crippen molar-refractivity contribution in [3.63, 3.8) is 0 Å². The van der Waals surface area contributed by atoms with E-state index in [-0.39, 0.29) is 6.03 Å². The highest BCUT2D eigenvalue weighted by Crippen LogP contribution is 2.41. The molecule has 0 spiro atoms. The lowest BCUT2D eigenvalue weighted by molar-refractivity contribution is -0.138. The Balaban J connectivity index is 1.67. The molecule has 2 fully saturated rings. The highest BCUT2D eigenvalue weighted by molar-refractivity contribution is 8.03. The molecular formula is C23H37N3O3S2. The minimum Gasteiger partial charge on any atom is -0.480 e. The maximum atomic E-state index is 13.4. The van der Waals surface area contributed by atoms with Crippen LogP contribution < -0.4 is 5.32 Å². The molecule has 2 aliphatic carbocycles. The predicted octanol–water partition coefficient (Wildman–Crippen LogP) is 6.48. The minimum atomic E-state index is -0.935. The van der Waals surface area contributed by atoms with Gasteiger partial charge in [0.25, 0.3) is 0 Å². The summed E-state index contributed by atoms with van der Waals surface area (Å²) in [4.78, 5) is 31.2. The van der Waals surface area contributed by atoms with Crippen LogP contribution in [0.3, 0.4) is 0 Å². The second-order valence-corrected chi connectivity index (χ2v) is 13.5. The summed E-state index contributed by atoms with van der Waals surface area (Å²) in [5, 5.41) is 12.9. The first kappa shape index (κ1) is 24.4. The molecule has 1 heterocycles. The lowest BCUT2D eigenvalue weighted by Crippen LogP contribution is -2.50. The number of thioether (sulfide) groups is 1. The number of anilines is 1. The average molecular weight is 468 g/mol. The summed E-state index contributed by atoms with van der Waals surface area (Å²) >= 11 is 2.60. The number of rotatable bonds is 6. The molecule has 2 saturated carbocycles. The van der Waals surface area contributed by atoms with Gasteiger partial charge in [-0.3, -0.25) is 10.1 Å². The Kier molecular flexibility index (Phi) is 7.62. The third-order valence-electron chi connectivity index (χ3n) is 6.84. The quantitative estimate of drug-likeness (QED) is 0.468. The summed E-state index contributed by atoms with van der Waals surface area (Å²) < 4.78 is -0.143. The number of hydrogen-bond donors (Lipinski definition) is 2. The van der Waals surface area contributed by atoms with E-state index >= 15 is 0 Å². The van der Waals surface area contributed by atoms with E-state index in [1.807, 2.05) is 0 Å². The van der Waals surface area contributed by atoms with Crippen LogP contribution in [-0.4, -0.2) is 43.8 Å². The third kappa shape index (κ3) is 6.15. The van der Waals surface area contributed by atoms with Crippen LogP contribution in [0.2, 0.25) is 0 Å². The molecule has 2 N–H and O–H groups in total. The van der Waals surface area contributed by atoms with Crippen molar-refractivity contribution in [1.29, 1.82) is 0 Å². The van der Waals surface area contributed by atoms with Crippen molar-refractivity contribution in [2.24, 2.45) is 11.3 Å². The summed E-state index contributed by atoms with van der Waals surface area (Å²) in [7, 11) is 0. The van der Waals surface area contributed by atoms with E-state index in [2.05, 4.69) is 36.0 Å². The van der Waals surface area contributed by atoms with E-state index in [1.165, 1.54) is 48.8 Å². The van der Waals surface area contributed by atoms with Crippen molar-refractivity contribution >= 4 is 40.2 Å². The van der Waals surface area contributed by atoms with Crippen molar-refractivity contribution in [3.05, 3.63) is 6.20 Å². The van der Waals surface area contributed by atoms with E-state index in [9.17, 15) is 14.7 Å². The number of nitrogens with one attached hydrogen (secondary N) is 1. The van der Waals surface area contributed by atoms with Crippen LogP contribution in [0, 0.1) is 11.3 Å². The van der Waals surface area contributed by atoms with Gasteiger partial charge < -0.3 is 10.0 Å². The monoisotopic (exact) mass is 467 g/mol. The number of aliphatic carboxylic acids is 1. The fourth-order valence-corrected chi connectivity index (χ4v) is 7.11. The molecular weight excluding hydrogens is 430 g/mol. The van der Waals surface area contributed by atoms with Gasteiger partial charge in [0.15, 0.2) is 5.13 Å². The molecule has 1 aromatic rings. The first-order chi connectivity index (χ1) is 14.5. The zero-order valence-electron chi connectivity index (χ0n) is 19.4. The summed E-state index contributed by atoms with van der Waals surface area (Å²) in [6.45, 7) is 10.3. The van der Waals surface area contributed by atoms with Crippen molar-refractivity contribution in [1.82, 2.24) is 9.88 Å². The summed E-state index contributed by atoms with van der Waals surface area (Å²) in [6.07, 6.45) is 10.7. The van der Waals surface area contributed by atoms with Gasteiger partial charge in [-0.1, -0.05) is 56.7 Å². The van der Waals surface area contributed by atoms with Gasteiger partial charge in [0, 0.05) is 12.1 Å². The number of hydrogen-bond acceptors (Lipinski definition) is 5. The van der Waals surface area contributed by atoms with Crippen LogP contribution in [0.25, 0.3) is 0 Å². The van der Waals surface area contributed by atoms with Gasteiger partial charge in [0.05, 0.1) is 10.4 Å². The van der Waals surface area contributed by atoms with Crippen molar-refractivity contribution in [2.45, 2.75) is 107 Å². The molecule has 1 aromatic heterocycles. The number of carboxylic acids is 1. The molecule has 0 aromatic carbocycles. The number of urea groups is 1. The SMILES string of the molecule is CC(C)(Sc1cnc(NC(=O)N(C2CCCC2)[C@H]2CC[C@H](C(C)(C)C)CC2)s1)C(=O)O. The maximum absolute atomic E-state index is 13.4. The number of amides is 2. The zero-order valence-corrected chi connectivity index (χ0v) is 21.1. The van der Waals surface area contributed by atoms with Crippen LogP contribution in [0.5, 0.6) is 0 Å². The average Bonchev–Trinajstić information content (AvgIpc) is 3.34. The van der Waals surface area contributed by atoms with Gasteiger partial charge in [0.2, 0.25) is 0 Å². The Hall–Kier alpha value is -1.28. The molecule has 0 unspecified atom stereocenters. The van der Waals surface area contributed by atoms with E-state index in [0.717, 1.165) is 29.9 Å². The number of carbonyl (C=O) groups is 2. The molecule has 8 heteroatoms. The Morgan fingerprint density at radius 3 is 2.19 bits per heavy atom. The van der Waals surface area contributed by atoms with E-state index in [4.69, 9.17) is 0 Å². The molecule has 0 atom stereocenters. The Morgan fingerprint density at radius 2 is 1.65 bits per heavy atom. The van der Waals surface area contributed by atoms with E-state index in [0.29, 0.717) is 28.5 Å². The zero-order chi connectivity index (χ0) is 22.8. The molecule has 0 bridgehead atoms. The lowest BCUT2D eigenvalue weighted by Gasteiger charge is -2.43. The van der Waals surface area contributed by atoms with E-state index in [1.54, 1.807) is 20.0 Å². The second kappa shape index (κ2) is 9.69.